The maximum atomic E-state index is 12.2. The van der Waals surface area contributed by atoms with Crippen LogP contribution in [0.5, 0.6) is 0 Å². The average molecular weight is 287 g/mol. The topological polar surface area (TPSA) is 45.2 Å². The van der Waals surface area contributed by atoms with E-state index in [2.05, 4.69) is 10.3 Å². The summed E-state index contributed by atoms with van der Waals surface area (Å²) >= 11 is 0. The van der Waals surface area contributed by atoms with Crippen molar-refractivity contribution in [1.82, 2.24) is 10.3 Å². The van der Waals surface area contributed by atoms with Gasteiger partial charge < -0.3 is 10.2 Å². The summed E-state index contributed by atoms with van der Waals surface area (Å²) in [5.41, 5.74) is 1.07. The molecule has 4 heteroatoms. The van der Waals surface area contributed by atoms with Gasteiger partial charge in [-0.15, -0.1) is 0 Å². The normalized spacial score (nSPS) is 26.9. The summed E-state index contributed by atoms with van der Waals surface area (Å²) in [7, 11) is 3.95. The average Bonchev–Trinajstić information content (AvgIpc) is 3.08. The molecule has 0 radical (unpaired) electrons. The predicted octanol–water partition coefficient (Wildman–Crippen LogP) is 2.59. The standard InChI is InChI=1S/C17H25N3O/c1-20(2)17-14(4-3-7-18-17)11-19-16(21)10-15-9-12-5-6-13(15)8-12/h3-4,7,12-13,15H,5-6,8-11H2,1-2H3,(H,19,21)/t12-,13-,15-/m0/s1. The van der Waals surface area contributed by atoms with Crippen LogP contribution in [0, 0.1) is 17.8 Å². The highest BCUT2D eigenvalue weighted by Gasteiger charge is 2.39. The molecule has 1 amide bonds. The van der Waals surface area contributed by atoms with E-state index in [9.17, 15) is 4.79 Å². The SMILES string of the molecule is CN(C)c1ncccc1CNC(=O)C[C@@H]1C[C@H]2CC[C@H]1C2. The van der Waals surface area contributed by atoms with Gasteiger partial charge >= 0.3 is 0 Å². The first-order valence-electron chi connectivity index (χ1n) is 8.01. The molecule has 3 atom stereocenters. The van der Waals surface area contributed by atoms with Crippen LogP contribution in [0.4, 0.5) is 5.82 Å². The maximum absolute atomic E-state index is 12.2. The summed E-state index contributed by atoms with van der Waals surface area (Å²) in [6.07, 6.45) is 7.87. The number of pyridine rings is 1. The van der Waals surface area contributed by atoms with Crippen molar-refractivity contribution in [2.75, 3.05) is 19.0 Å². The van der Waals surface area contributed by atoms with Crippen molar-refractivity contribution in [3.05, 3.63) is 23.9 Å². The number of hydrogen-bond donors (Lipinski definition) is 1. The lowest BCUT2D eigenvalue weighted by molar-refractivity contribution is -0.122. The number of rotatable bonds is 5. The van der Waals surface area contributed by atoms with Gasteiger partial charge in [-0.1, -0.05) is 12.5 Å². The quantitative estimate of drug-likeness (QED) is 0.905. The number of fused-ring (bicyclic) bond motifs is 2. The largest absolute Gasteiger partial charge is 0.362 e. The third-order valence-corrected chi connectivity index (χ3v) is 5.10. The lowest BCUT2D eigenvalue weighted by Crippen LogP contribution is -2.27. The molecule has 114 valence electrons. The van der Waals surface area contributed by atoms with Crippen LogP contribution in [-0.2, 0) is 11.3 Å². The molecule has 1 aromatic rings. The zero-order valence-electron chi connectivity index (χ0n) is 13.0. The fourth-order valence-electron chi connectivity index (χ4n) is 4.10. The third kappa shape index (κ3) is 3.20. The van der Waals surface area contributed by atoms with Crippen LogP contribution in [0.25, 0.3) is 0 Å². The minimum atomic E-state index is 0.195. The van der Waals surface area contributed by atoms with Crippen LogP contribution in [0.1, 0.15) is 37.7 Å². The fraction of sp³-hybridized carbons (Fsp3) is 0.647. The van der Waals surface area contributed by atoms with Gasteiger partial charge in [-0.2, -0.15) is 0 Å². The molecule has 2 aliphatic rings. The van der Waals surface area contributed by atoms with E-state index >= 15 is 0 Å². The third-order valence-electron chi connectivity index (χ3n) is 5.10. The molecule has 2 bridgehead atoms. The molecule has 3 rings (SSSR count). The Balaban J connectivity index is 1.52. The second kappa shape index (κ2) is 6.04. The fourth-order valence-corrected chi connectivity index (χ4v) is 4.10. The van der Waals surface area contributed by atoms with Gasteiger partial charge in [0, 0.05) is 38.8 Å². The van der Waals surface area contributed by atoms with E-state index < -0.39 is 0 Å². The van der Waals surface area contributed by atoms with E-state index in [0.29, 0.717) is 18.9 Å². The Labute approximate surface area is 126 Å². The van der Waals surface area contributed by atoms with E-state index in [1.54, 1.807) is 6.20 Å². The monoisotopic (exact) mass is 287 g/mol. The Kier molecular flexibility index (Phi) is 4.13. The smallest absolute Gasteiger partial charge is 0.220 e. The summed E-state index contributed by atoms with van der Waals surface area (Å²) < 4.78 is 0. The molecule has 0 spiro atoms. The second-order valence-corrected chi connectivity index (χ2v) is 6.80. The molecule has 1 N–H and O–H groups in total. The Morgan fingerprint density at radius 1 is 1.38 bits per heavy atom. The van der Waals surface area contributed by atoms with Gasteiger partial charge in [0.15, 0.2) is 0 Å². The van der Waals surface area contributed by atoms with Crippen molar-refractivity contribution in [2.24, 2.45) is 17.8 Å². The number of amides is 1. The van der Waals surface area contributed by atoms with Gasteiger partial charge in [0.25, 0.3) is 0 Å². The Bertz CT molecular complexity index is 515. The summed E-state index contributed by atoms with van der Waals surface area (Å²) in [5, 5.41) is 3.07. The molecule has 1 heterocycles. The minimum absolute atomic E-state index is 0.195. The molecular formula is C17H25N3O. The molecule has 2 fully saturated rings. The number of nitrogens with zero attached hydrogens (tertiary/aromatic N) is 2. The minimum Gasteiger partial charge on any atom is -0.362 e. The molecule has 0 unspecified atom stereocenters. The first kappa shape index (κ1) is 14.4. The van der Waals surface area contributed by atoms with Crippen LogP contribution in [0.3, 0.4) is 0 Å². The molecular weight excluding hydrogens is 262 g/mol. The second-order valence-electron chi connectivity index (χ2n) is 6.80. The zero-order chi connectivity index (χ0) is 14.8. The first-order valence-corrected chi connectivity index (χ1v) is 8.01. The molecule has 4 nitrogen and oxygen atoms in total. The summed E-state index contributed by atoms with van der Waals surface area (Å²) in [5.74, 6) is 3.48. The van der Waals surface area contributed by atoms with Crippen molar-refractivity contribution in [2.45, 2.75) is 38.6 Å². The van der Waals surface area contributed by atoms with E-state index in [-0.39, 0.29) is 5.91 Å². The zero-order valence-corrected chi connectivity index (χ0v) is 13.0. The van der Waals surface area contributed by atoms with Crippen LogP contribution >= 0.6 is 0 Å². The van der Waals surface area contributed by atoms with Crippen LogP contribution in [0.15, 0.2) is 18.3 Å². The van der Waals surface area contributed by atoms with E-state index in [4.69, 9.17) is 0 Å². The lowest BCUT2D eigenvalue weighted by Gasteiger charge is -2.21. The van der Waals surface area contributed by atoms with Crippen LogP contribution < -0.4 is 10.2 Å². The summed E-state index contributed by atoms with van der Waals surface area (Å²) in [4.78, 5) is 18.5. The van der Waals surface area contributed by atoms with Crippen LogP contribution in [-0.4, -0.2) is 25.0 Å². The number of hydrogen-bond acceptors (Lipinski definition) is 3. The first-order chi connectivity index (χ1) is 10.1. The van der Waals surface area contributed by atoms with Gasteiger partial charge in [0.05, 0.1) is 0 Å². The number of anilines is 1. The van der Waals surface area contributed by atoms with E-state index in [0.717, 1.165) is 23.2 Å². The van der Waals surface area contributed by atoms with Crippen molar-refractivity contribution in [3.8, 4) is 0 Å². The number of carbonyl (C=O) groups excluding carboxylic acids is 1. The van der Waals surface area contributed by atoms with Crippen molar-refractivity contribution in [1.29, 1.82) is 0 Å². The highest BCUT2D eigenvalue weighted by Crippen LogP contribution is 2.49. The van der Waals surface area contributed by atoms with Crippen molar-refractivity contribution >= 4 is 11.7 Å². The summed E-state index contributed by atoms with van der Waals surface area (Å²) in [6.45, 7) is 0.570. The van der Waals surface area contributed by atoms with Gasteiger partial charge in [0.1, 0.15) is 5.82 Å². The lowest BCUT2D eigenvalue weighted by atomic mass is 9.86. The molecule has 1 aromatic heterocycles. The number of aromatic nitrogens is 1. The Hall–Kier alpha value is -1.58. The molecule has 2 aliphatic carbocycles. The van der Waals surface area contributed by atoms with Gasteiger partial charge in [-0.05, 0) is 43.1 Å². The Morgan fingerprint density at radius 3 is 2.90 bits per heavy atom. The molecule has 2 saturated carbocycles. The summed E-state index contributed by atoms with van der Waals surface area (Å²) in [6, 6.07) is 3.95. The van der Waals surface area contributed by atoms with Gasteiger partial charge in [-0.25, -0.2) is 4.98 Å². The van der Waals surface area contributed by atoms with Crippen LogP contribution in [0.2, 0.25) is 0 Å². The maximum Gasteiger partial charge on any atom is 0.220 e. The number of carbonyl (C=O) groups is 1. The number of nitrogens with one attached hydrogen (secondary N) is 1. The molecule has 0 aliphatic heterocycles. The molecule has 21 heavy (non-hydrogen) atoms. The van der Waals surface area contributed by atoms with E-state index in [1.807, 2.05) is 31.1 Å². The predicted molar refractivity (Wildman–Crippen MR) is 84.0 cm³/mol. The van der Waals surface area contributed by atoms with Gasteiger partial charge in [0.2, 0.25) is 5.91 Å². The Morgan fingerprint density at radius 2 is 2.24 bits per heavy atom. The van der Waals surface area contributed by atoms with Crippen molar-refractivity contribution < 1.29 is 4.79 Å². The van der Waals surface area contributed by atoms with Gasteiger partial charge in [-0.3, -0.25) is 4.79 Å². The highest BCUT2D eigenvalue weighted by atomic mass is 16.1. The van der Waals surface area contributed by atoms with Crippen molar-refractivity contribution in [3.63, 3.8) is 0 Å². The molecule has 0 saturated heterocycles. The van der Waals surface area contributed by atoms with E-state index in [1.165, 1.54) is 25.7 Å². The highest BCUT2D eigenvalue weighted by molar-refractivity contribution is 5.76. The molecule has 0 aromatic carbocycles.